The number of benzene rings is 2. The van der Waals surface area contributed by atoms with E-state index in [1.807, 2.05) is 26.0 Å². The number of hydrogen-bond acceptors (Lipinski definition) is 6. The van der Waals surface area contributed by atoms with E-state index in [9.17, 15) is 14.4 Å². The Morgan fingerprint density at radius 2 is 1.74 bits per heavy atom. The summed E-state index contributed by atoms with van der Waals surface area (Å²) in [5.74, 6) is -0.292. The van der Waals surface area contributed by atoms with E-state index in [-0.39, 0.29) is 29.5 Å². The first kappa shape index (κ1) is 22.1. The average Bonchev–Trinajstić information content (AvgIpc) is 2.77. The number of aryl methyl sites for hydroxylation is 1. The monoisotopic (exact) mass is 423 g/mol. The normalized spacial score (nSPS) is 11.7. The van der Waals surface area contributed by atoms with Crippen molar-refractivity contribution in [3.63, 3.8) is 0 Å². The van der Waals surface area contributed by atoms with E-state index in [4.69, 9.17) is 13.9 Å². The molecule has 0 bridgehead atoms. The van der Waals surface area contributed by atoms with Crippen molar-refractivity contribution < 1.29 is 23.5 Å². The van der Waals surface area contributed by atoms with Gasteiger partial charge in [-0.1, -0.05) is 26.0 Å². The maximum Gasteiger partial charge on any atom is 0.349 e. The molecule has 0 radical (unpaired) electrons. The van der Waals surface area contributed by atoms with E-state index in [1.54, 1.807) is 24.3 Å². The molecule has 0 fully saturated rings. The maximum absolute atomic E-state index is 12.3. The van der Waals surface area contributed by atoms with Gasteiger partial charge in [-0.05, 0) is 55.7 Å². The van der Waals surface area contributed by atoms with Gasteiger partial charge in [0.25, 0.3) is 5.91 Å². The molecule has 1 atom stereocenters. The summed E-state index contributed by atoms with van der Waals surface area (Å²) in [6.45, 7) is 5.58. The fourth-order valence-corrected chi connectivity index (χ4v) is 2.84. The fraction of sp³-hybridized carbons (Fsp3) is 0.292. The highest BCUT2D eigenvalue weighted by molar-refractivity contribution is 5.97. The zero-order valence-electron chi connectivity index (χ0n) is 17.8. The van der Waals surface area contributed by atoms with Crippen LogP contribution in [0, 0.1) is 0 Å². The van der Waals surface area contributed by atoms with Gasteiger partial charge in [-0.2, -0.15) is 0 Å². The molecule has 0 saturated heterocycles. The van der Waals surface area contributed by atoms with Gasteiger partial charge in [0.2, 0.25) is 0 Å². The number of ether oxygens (including phenoxy) is 2. The number of carbonyl (C=O) groups excluding carboxylic acids is 2. The summed E-state index contributed by atoms with van der Waals surface area (Å²) in [5.41, 5.74) is 0.565. The first-order valence-electron chi connectivity index (χ1n) is 10.2. The van der Waals surface area contributed by atoms with Crippen molar-refractivity contribution in [2.45, 2.75) is 39.7 Å². The Hall–Kier alpha value is -3.61. The minimum absolute atomic E-state index is 0.0591. The Morgan fingerprint density at radius 1 is 1.03 bits per heavy atom. The topological polar surface area (TPSA) is 94.8 Å². The predicted molar refractivity (Wildman–Crippen MR) is 117 cm³/mol. The molecule has 1 amide bonds. The zero-order valence-corrected chi connectivity index (χ0v) is 17.8. The molecular formula is C24H25NO6. The van der Waals surface area contributed by atoms with Crippen LogP contribution in [0.1, 0.15) is 43.1 Å². The third kappa shape index (κ3) is 5.72. The molecule has 3 rings (SSSR count). The second-order valence-corrected chi connectivity index (χ2v) is 7.19. The highest BCUT2D eigenvalue weighted by Crippen LogP contribution is 2.21. The van der Waals surface area contributed by atoms with Crippen LogP contribution in [0.5, 0.6) is 11.5 Å². The first-order valence-corrected chi connectivity index (χ1v) is 10.2. The number of nitrogens with one attached hydrogen (secondary N) is 1. The number of fused-ring (bicyclic) bond motifs is 1. The molecule has 1 unspecified atom stereocenters. The van der Waals surface area contributed by atoms with Crippen LogP contribution in [0.25, 0.3) is 11.0 Å². The molecular weight excluding hydrogens is 398 g/mol. The standard InChI is InChI=1S/C24H25NO6/c1-4-15(3)25-23(27)20-12-17-8-11-19(13-21(17)31-24(20)28)30-22(26)14-29-18-9-6-16(5-2)7-10-18/h6-13,15H,4-5,14H2,1-3H3,(H,25,27). The van der Waals surface area contributed by atoms with Crippen molar-refractivity contribution in [1.29, 1.82) is 0 Å². The third-order valence-electron chi connectivity index (χ3n) is 4.86. The van der Waals surface area contributed by atoms with Crippen LogP contribution in [0.3, 0.4) is 0 Å². The van der Waals surface area contributed by atoms with Crippen LogP contribution in [0.2, 0.25) is 0 Å². The quantitative estimate of drug-likeness (QED) is 0.336. The lowest BCUT2D eigenvalue weighted by atomic mass is 10.1. The minimum atomic E-state index is -0.754. The number of carbonyl (C=O) groups is 2. The first-order chi connectivity index (χ1) is 14.9. The lowest BCUT2D eigenvalue weighted by molar-refractivity contribution is -0.136. The number of amides is 1. The van der Waals surface area contributed by atoms with Gasteiger partial charge >= 0.3 is 11.6 Å². The molecule has 0 saturated carbocycles. The van der Waals surface area contributed by atoms with E-state index in [2.05, 4.69) is 12.2 Å². The van der Waals surface area contributed by atoms with Gasteiger partial charge in [0.15, 0.2) is 6.61 Å². The number of esters is 1. The largest absolute Gasteiger partial charge is 0.482 e. The molecule has 0 aliphatic heterocycles. The van der Waals surface area contributed by atoms with E-state index in [0.717, 1.165) is 12.8 Å². The van der Waals surface area contributed by atoms with Gasteiger partial charge in [0.05, 0.1) is 0 Å². The summed E-state index contributed by atoms with van der Waals surface area (Å²) in [5, 5.41) is 3.28. The van der Waals surface area contributed by atoms with Gasteiger partial charge in [-0.3, -0.25) is 4.79 Å². The average molecular weight is 423 g/mol. The van der Waals surface area contributed by atoms with E-state index in [0.29, 0.717) is 11.1 Å². The van der Waals surface area contributed by atoms with Gasteiger partial charge < -0.3 is 19.2 Å². The van der Waals surface area contributed by atoms with Crippen molar-refractivity contribution >= 4 is 22.8 Å². The summed E-state index contributed by atoms with van der Waals surface area (Å²) >= 11 is 0. The highest BCUT2D eigenvalue weighted by atomic mass is 16.6. The molecule has 7 heteroatoms. The maximum atomic E-state index is 12.3. The summed E-state index contributed by atoms with van der Waals surface area (Å²) < 4.78 is 16.0. The van der Waals surface area contributed by atoms with Crippen LogP contribution < -0.4 is 20.4 Å². The molecule has 1 heterocycles. The van der Waals surface area contributed by atoms with Crippen molar-refractivity contribution in [3.8, 4) is 11.5 Å². The second kappa shape index (κ2) is 9.93. The second-order valence-electron chi connectivity index (χ2n) is 7.19. The van der Waals surface area contributed by atoms with Crippen LogP contribution in [-0.2, 0) is 11.2 Å². The van der Waals surface area contributed by atoms with Crippen LogP contribution >= 0.6 is 0 Å². The summed E-state index contributed by atoms with van der Waals surface area (Å²) in [7, 11) is 0. The Bertz CT molecular complexity index is 1130. The highest BCUT2D eigenvalue weighted by Gasteiger charge is 2.16. The van der Waals surface area contributed by atoms with Crippen molar-refractivity contribution in [1.82, 2.24) is 5.32 Å². The zero-order chi connectivity index (χ0) is 22.4. The lowest BCUT2D eigenvalue weighted by Gasteiger charge is -2.11. The predicted octanol–water partition coefficient (Wildman–Crippen LogP) is 3.87. The number of hydrogen-bond donors (Lipinski definition) is 1. The van der Waals surface area contributed by atoms with E-state index < -0.39 is 17.5 Å². The molecule has 2 aromatic carbocycles. The Balaban J connectivity index is 1.67. The third-order valence-corrected chi connectivity index (χ3v) is 4.86. The summed E-state index contributed by atoms with van der Waals surface area (Å²) in [6, 6.07) is 13.5. The lowest BCUT2D eigenvalue weighted by Crippen LogP contribution is -2.34. The minimum Gasteiger partial charge on any atom is -0.482 e. The van der Waals surface area contributed by atoms with Crippen LogP contribution in [0.4, 0.5) is 0 Å². The van der Waals surface area contributed by atoms with Gasteiger partial charge in [-0.25, -0.2) is 9.59 Å². The van der Waals surface area contributed by atoms with Gasteiger partial charge in [0, 0.05) is 17.5 Å². The van der Waals surface area contributed by atoms with Crippen molar-refractivity contribution in [2.75, 3.05) is 6.61 Å². The fourth-order valence-electron chi connectivity index (χ4n) is 2.84. The van der Waals surface area contributed by atoms with Crippen LogP contribution in [-0.4, -0.2) is 24.5 Å². The number of rotatable bonds is 8. The Labute approximate surface area is 180 Å². The smallest absolute Gasteiger partial charge is 0.349 e. The SMILES string of the molecule is CCc1ccc(OCC(=O)Oc2ccc3cc(C(=O)NC(C)CC)c(=O)oc3c2)cc1. The molecule has 0 spiro atoms. The molecule has 0 aliphatic carbocycles. The van der Waals surface area contributed by atoms with Crippen LogP contribution in [0.15, 0.2) is 57.7 Å². The van der Waals surface area contributed by atoms with E-state index in [1.165, 1.54) is 17.7 Å². The van der Waals surface area contributed by atoms with Gasteiger partial charge in [0.1, 0.15) is 22.6 Å². The molecule has 7 nitrogen and oxygen atoms in total. The Morgan fingerprint density at radius 3 is 2.42 bits per heavy atom. The summed E-state index contributed by atoms with van der Waals surface area (Å²) in [6.07, 6.45) is 1.66. The molecule has 31 heavy (non-hydrogen) atoms. The van der Waals surface area contributed by atoms with Crippen molar-refractivity contribution in [3.05, 3.63) is 70.1 Å². The molecule has 0 aliphatic rings. The van der Waals surface area contributed by atoms with Gasteiger partial charge in [-0.15, -0.1) is 0 Å². The Kier molecular flexibility index (Phi) is 7.07. The van der Waals surface area contributed by atoms with E-state index >= 15 is 0 Å². The molecule has 162 valence electrons. The molecule has 3 aromatic rings. The summed E-state index contributed by atoms with van der Waals surface area (Å²) in [4.78, 5) is 36.6. The molecule has 1 N–H and O–H groups in total. The van der Waals surface area contributed by atoms with Crippen molar-refractivity contribution in [2.24, 2.45) is 0 Å². The molecule has 1 aromatic heterocycles.